The Kier molecular flexibility index (Phi) is 5.57. The molecule has 8 nitrogen and oxygen atoms in total. The molecule has 0 saturated carbocycles. The lowest BCUT2D eigenvalue weighted by molar-refractivity contribution is -0.384. The van der Waals surface area contributed by atoms with E-state index in [1.807, 2.05) is 0 Å². The molecule has 1 fully saturated rings. The molecule has 0 aromatic heterocycles. The van der Waals surface area contributed by atoms with Crippen LogP contribution in [0.2, 0.25) is 5.02 Å². The number of imide groups is 1. The van der Waals surface area contributed by atoms with Gasteiger partial charge in [-0.15, -0.1) is 0 Å². The molecule has 0 unspecified atom stereocenters. The van der Waals surface area contributed by atoms with Crippen LogP contribution < -0.4 is 4.74 Å². The number of methoxy groups -OCH3 is 1. The van der Waals surface area contributed by atoms with Crippen LogP contribution >= 0.6 is 23.4 Å². The zero-order valence-corrected chi connectivity index (χ0v) is 16.0. The van der Waals surface area contributed by atoms with Gasteiger partial charge in [-0.2, -0.15) is 0 Å². The number of thioether (sulfide) groups is 1. The van der Waals surface area contributed by atoms with E-state index in [1.54, 1.807) is 0 Å². The first-order valence-corrected chi connectivity index (χ1v) is 9.05. The van der Waals surface area contributed by atoms with Gasteiger partial charge in [0.05, 0.1) is 23.5 Å². The molecule has 2 amide bonds. The largest absolute Gasteiger partial charge is 0.504 e. The van der Waals surface area contributed by atoms with Crippen molar-refractivity contribution in [3.8, 4) is 11.5 Å². The van der Waals surface area contributed by atoms with E-state index in [2.05, 4.69) is 0 Å². The normalized spacial score (nSPS) is 15.4. The van der Waals surface area contributed by atoms with Crippen molar-refractivity contribution in [2.45, 2.75) is 6.54 Å². The van der Waals surface area contributed by atoms with Gasteiger partial charge >= 0.3 is 0 Å². The van der Waals surface area contributed by atoms with Crippen LogP contribution in [0.15, 0.2) is 41.3 Å². The first-order valence-electron chi connectivity index (χ1n) is 7.85. The number of rotatable bonds is 5. The molecule has 1 heterocycles. The molecule has 144 valence electrons. The Labute approximate surface area is 168 Å². The predicted molar refractivity (Wildman–Crippen MR) is 104 cm³/mol. The molecule has 3 rings (SSSR count). The molecule has 2 aromatic rings. The highest BCUT2D eigenvalue weighted by Crippen LogP contribution is 2.38. The summed E-state index contributed by atoms with van der Waals surface area (Å²) < 4.78 is 5.02. The fourth-order valence-electron chi connectivity index (χ4n) is 2.54. The summed E-state index contributed by atoms with van der Waals surface area (Å²) >= 11 is 6.71. The summed E-state index contributed by atoms with van der Waals surface area (Å²) in [5.41, 5.74) is 0.731. The molecule has 2 aromatic carbocycles. The summed E-state index contributed by atoms with van der Waals surface area (Å²) in [6.45, 7) is -0.0230. The maximum Gasteiger partial charge on any atom is 0.293 e. The highest BCUT2D eigenvalue weighted by Gasteiger charge is 2.35. The molecule has 0 spiro atoms. The Hall–Kier alpha value is -3.04. The second-order valence-corrected chi connectivity index (χ2v) is 7.17. The first-order chi connectivity index (χ1) is 13.3. The molecule has 1 aliphatic rings. The van der Waals surface area contributed by atoms with Crippen molar-refractivity contribution < 1.29 is 24.4 Å². The molecular formula is C18H13ClN2O6S. The quantitative estimate of drug-likeness (QED) is 0.438. The van der Waals surface area contributed by atoms with Crippen LogP contribution in [0.1, 0.15) is 11.1 Å². The Bertz CT molecular complexity index is 1010. The monoisotopic (exact) mass is 420 g/mol. The molecule has 1 aliphatic heterocycles. The van der Waals surface area contributed by atoms with Gasteiger partial charge in [0.25, 0.3) is 16.8 Å². The molecular weight excluding hydrogens is 408 g/mol. The number of amides is 2. The number of nitro benzene ring substituents is 1. The number of nitro groups is 1. The highest BCUT2D eigenvalue weighted by atomic mass is 35.5. The SMILES string of the molecule is COc1cc(Cl)cc(/C=C2\SC(=O)N(Cc3ccc([N+](=O)[O-])cc3)C2=O)c1O. The van der Waals surface area contributed by atoms with E-state index in [0.29, 0.717) is 10.6 Å². The predicted octanol–water partition coefficient (Wildman–Crippen LogP) is 4.20. The maximum absolute atomic E-state index is 12.6. The number of carbonyl (C=O) groups excluding carboxylic acids is 2. The average molecular weight is 421 g/mol. The van der Waals surface area contributed by atoms with Crippen LogP contribution in [0.5, 0.6) is 11.5 Å². The third kappa shape index (κ3) is 3.95. The van der Waals surface area contributed by atoms with Crippen LogP contribution in [0.25, 0.3) is 6.08 Å². The van der Waals surface area contributed by atoms with Crippen LogP contribution in [0.4, 0.5) is 10.5 Å². The lowest BCUT2D eigenvalue weighted by Gasteiger charge is -2.12. The number of hydrogen-bond donors (Lipinski definition) is 1. The van der Waals surface area contributed by atoms with Crippen molar-refractivity contribution in [3.05, 3.63) is 67.6 Å². The number of benzene rings is 2. The number of non-ortho nitro benzene ring substituents is 1. The van der Waals surface area contributed by atoms with Gasteiger partial charge < -0.3 is 9.84 Å². The Balaban J connectivity index is 1.85. The zero-order chi connectivity index (χ0) is 20.4. The number of hydrogen-bond acceptors (Lipinski definition) is 7. The number of aromatic hydroxyl groups is 1. The fraction of sp³-hybridized carbons (Fsp3) is 0.111. The summed E-state index contributed by atoms with van der Waals surface area (Å²) in [5.74, 6) is -0.593. The minimum absolute atomic E-state index is 0.0230. The summed E-state index contributed by atoms with van der Waals surface area (Å²) in [6, 6.07) is 8.46. The smallest absolute Gasteiger partial charge is 0.293 e. The van der Waals surface area contributed by atoms with E-state index in [4.69, 9.17) is 16.3 Å². The average Bonchev–Trinajstić information content (AvgIpc) is 2.92. The van der Waals surface area contributed by atoms with Crippen molar-refractivity contribution in [3.63, 3.8) is 0 Å². The van der Waals surface area contributed by atoms with E-state index in [9.17, 15) is 24.8 Å². The second kappa shape index (κ2) is 7.91. The van der Waals surface area contributed by atoms with Crippen LogP contribution in [0, 0.1) is 10.1 Å². The Morgan fingerprint density at radius 1 is 1.29 bits per heavy atom. The number of nitrogens with zero attached hydrogens (tertiary/aromatic N) is 2. The molecule has 0 bridgehead atoms. The molecule has 0 aliphatic carbocycles. The molecule has 10 heteroatoms. The van der Waals surface area contributed by atoms with Crippen molar-refractivity contribution in [2.75, 3.05) is 7.11 Å². The van der Waals surface area contributed by atoms with Crippen molar-refractivity contribution >= 4 is 46.3 Å². The lowest BCUT2D eigenvalue weighted by atomic mass is 10.1. The van der Waals surface area contributed by atoms with Crippen LogP contribution in [-0.2, 0) is 11.3 Å². The third-order valence-corrected chi connectivity index (χ3v) is 5.06. The standard InChI is InChI=1S/C18H13ClN2O6S/c1-27-14-8-12(19)6-11(16(14)22)7-15-17(23)20(18(24)28-15)9-10-2-4-13(5-3-10)21(25)26/h2-8,22H,9H2,1H3/b15-7-. The summed E-state index contributed by atoms with van der Waals surface area (Å²) in [5, 5.41) is 20.7. The van der Waals surface area contributed by atoms with Gasteiger partial charge in [0, 0.05) is 28.8 Å². The van der Waals surface area contributed by atoms with Crippen molar-refractivity contribution in [1.29, 1.82) is 0 Å². The molecule has 0 radical (unpaired) electrons. The Morgan fingerprint density at radius 3 is 2.57 bits per heavy atom. The number of phenols is 1. The minimum Gasteiger partial charge on any atom is -0.504 e. The topological polar surface area (TPSA) is 110 Å². The molecule has 0 atom stereocenters. The minimum atomic E-state index is -0.535. The second-order valence-electron chi connectivity index (χ2n) is 5.74. The maximum atomic E-state index is 12.6. The highest BCUT2D eigenvalue weighted by molar-refractivity contribution is 8.18. The van der Waals surface area contributed by atoms with E-state index >= 15 is 0 Å². The number of phenolic OH excluding ortho intramolecular Hbond substituents is 1. The summed E-state index contributed by atoms with van der Waals surface area (Å²) in [6.07, 6.45) is 1.37. The first kappa shape index (κ1) is 19.7. The van der Waals surface area contributed by atoms with Gasteiger partial charge in [-0.3, -0.25) is 24.6 Å². The van der Waals surface area contributed by atoms with Gasteiger partial charge in [-0.1, -0.05) is 23.7 Å². The van der Waals surface area contributed by atoms with E-state index in [-0.39, 0.29) is 34.2 Å². The van der Waals surface area contributed by atoms with Crippen molar-refractivity contribution in [2.24, 2.45) is 0 Å². The zero-order valence-electron chi connectivity index (χ0n) is 14.4. The van der Waals surface area contributed by atoms with E-state index in [1.165, 1.54) is 49.6 Å². The van der Waals surface area contributed by atoms with E-state index < -0.39 is 16.1 Å². The van der Waals surface area contributed by atoms with Crippen molar-refractivity contribution in [1.82, 2.24) is 4.90 Å². The van der Waals surface area contributed by atoms with Gasteiger partial charge in [0.15, 0.2) is 11.5 Å². The number of halogens is 1. The summed E-state index contributed by atoms with van der Waals surface area (Å²) in [7, 11) is 1.37. The molecule has 28 heavy (non-hydrogen) atoms. The molecule has 1 N–H and O–H groups in total. The van der Waals surface area contributed by atoms with E-state index in [0.717, 1.165) is 16.7 Å². The Morgan fingerprint density at radius 2 is 1.96 bits per heavy atom. The fourth-order valence-corrected chi connectivity index (χ4v) is 3.59. The number of carbonyl (C=O) groups is 2. The third-order valence-electron chi connectivity index (χ3n) is 3.94. The van der Waals surface area contributed by atoms with Gasteiger partial charge in [-0.05, 0) is 29.5 Å². The lowest BCUT2D eigenvalue weighted by Crippen LogP contribution is -2.27. The molecule has 1 saturated heterocycles. The van der Waals surface area contributed by atoms with Gasteiger partial charge in [-0.25, -0.2) is 0 Å². The number of ether oxygens (including phenoxy) is 1. The summed E-state index contributed by atoms with van der Waals surface area (Å²) in [4.78, 5) is 36.2. The van der Waals surface area contributed by atoms with Gasteiger partial charge in [0.1, 0.15) is 0 Å². The van der Waals surface area contributed by atoms with Crippen LogP contribution in [0.3, 0.4) is 0 Å². The van der Waals surface area contributed by atoms with Gasteiger partial charge in [0.2, 0.25) is 0 Å². The van der Waals surface area contributed by atoms with Crippen LogP contribution in [-0.4, -0.2) is 33.2 Å².